The molecule has 4 aromatic rings. The summed E-state index contributed by atoms with van der Waals surface area (Å²) in [5, 5.41) is 6.72. The number of ether oxygens (including phenoxy) is 1. The van der Waals surface area contributed by atoms with Crippen LogP contribution in [0.1, 0.15) is 16.7 Å². The number of hydrogen-bond donors (Lipinski definition) is 2. The van der Waals surface area contributed by atoms with Crippen LogP contribution in [0.2, 0.25) is 5.02 Å². The van der Waals surface area contributed by atoms with Crippen LogP contribution in [0.3, 0.4) is 0 Å². The fourth-order valence-electron chi connectivity index (χ4n) is 4.83. The van der Waals surface area contributed by atoms with Crippen molar-refractivity contribution in [3.8, 4) is 11.5 Å². The molecule has 198 valence electrons. The monoisotopic (exact) mass is 539 g/mol. The number of amides is 2. The Kier molecular flexibility index (Phi) is 8.44. The van der Waals surface area contributed by atoms with Crippen molar-refractivity contribution in [3.63, 3.8) is 0 Å². The van der Waals surface area contributed by atoms with Crippen LogP contribution in [0.5, 0.6) is 11.5 Å². The third kappa shape index (κ3) is 7.18. The van der Waals surface area contributed by atoms with Crippen LogP contribution < -0.4 is 20.3 Å². The van der Waals surface area contributed by atoms with E-state index in [1.54, 1.807) is 11.0 Å². The maximum Gasteiger partial charge on any atom is 0.239 e. The summed E-state index contributed by atoms with van der Waals surface area (Å²) in [6.07, 6.45) is 1.60. The molecule has 0 bridgehead atoms. The summed E-state index contributed by atoms with van der Waals surface area (Å²) in [7, 11) is 0. The number of hydrogen-bond acceptors (Lipinski definition) is 4. The minimum atomic E-state index is -0.217. The molecule has 0 spiro atoms. The molecule has 6 nitrogen and oxygen atoms in total. The molecule has 2 N–H and O–H groups in total. The number of rotatable bonds is 10. The van der Waals surface area contributed by atoms with E-state index in [0.717, 1.165) is 18.4 Å². The quantitative estimate of drug-likeness (QED) is 0.278. The van der Waals surface area contributed by atoms with Crippen molar-refractivity contribution in [2.75, 3.05) is 18.0 Å². The van der Waals surface area contributed by atoms with Gasteiger partial charge in [0.05, 0.1) is 18.8 Å². The minimum Gasteiger partial charge on any atom is -0.455 e. The van der Waals surface area contributed by atoms with Crippen LogP contribution in [-0.2, 0) is 29.0 Å². The lowest BCUT2D eigenvalue weighted by Crippen LogP contribution is -2.45. The molecule has 1 aliphatic rings. The third-order valence-corrected chi connectivity index (χ3v) is 6.88. The van der Waals surface area contributed by atoms with E-state index < -0.39 is 0 Å². The highest BCUT2D eigenvalue weighted by Gasteiger charge is 2.25. The number of fused-ring (bicyclic) bond motifs is 1. The van der Waals surface area contributed by atoms with Gasteiger partial charge in [0.1, 0.15) is 5.75 Å². The van der Waals surface area contributed by atoms with Crippen LogP contribution >= 0.6 is 11.6 Å². The molecule has 0 radical (unpaired) electrons. The average molecular weight is 540 g/mol. The SMILES string of the molecule is O=C(CN(CC(=O)NC1Cc2ccccc2C1)c1ccccc1Oc1ccccc1)NCc1cccc(Cl)c1. The van der Waals surface area contributed by atoms with Crippen molar-refractivity contribution in [2.45, 2.75) is 25.4 Å². The van der Waals surface area contributed by atoms with Gasteiger partial charge in [-0.2, -0.15) is 0 Å². The van der Waals surface area contributed by atoms with Crippen LogP contribution in [0, 0.1) is 0 Å². The first-order valence-electron chi connectivity index (χ1n) is 13.0. The standard InChI is InChI=1S/C32H30ClN3O3/c33-26-12-8-9-23(17-26)20-34-31(37)21-36(22-32(38)35-27-18-24-10-4-5-11-25(24)19-27)29-15-6-7-16-30(29)39-28-13-2-1-3-14-28/h1-17,27H,18-22H2,(H,34,37)(H,35,38). The second-order valence-electron chi connectivity index (χ2n) is 9.59. The van der Waals surface area contributed by atoms with E-state index in [1.807, 2.05) is 84.9 Å². The maximum atomic E-state index is 13.3. The number of nitrogens with zero attached hydrogens (tertiary/aromatic N) is 1. The zero-order chi connectivity index (χ0) is 27.0. The molecule has 1 aliphatic carbocycles. The molecule has 0 saturated heterocycles. The maximum absolute atomic E-state index is 13.3. The molecular weight excluding hydrogens is 510 g/mol. The number of nitrogens with one attached hydrogen (secondary N) is 2. The molecule has 39 heavy (non-hydrogen) atoms. The molecule has 0 fully saturated rings. The highest BCUT2D eigenvalue weighted by Crippen LogP contribution is 2.32. The number of anilines is 1. The number of halogens is 1. The predicted molar refractivity (Wildman–Crippen MR) is 154 cm³/mol. The summed E-state index contributed by atoms with van der Waals surface area (Å²) < 4.78 is 6.15. The van der Waals surface area contributed by atoms with Crippen molar-refractivity contribution >= 4 is 29.1 Å². The van der Waals surface area contributed by atoms with Crippen LogP contribution in [0.25, 0.3) is 0 Å². The number of carbonyl (C=O) groups is 2. The predicted octanol–water partition coefficient (Wildman–Crippen LogP) is 5.54. The Bertz CT molecular complexity index is 1420. The highest BCUT2D eigenvalue weighted by molar-refractivity contribution is 6.30. The first-order chi connectivity index (χ1) is 19.0. The minimum absolute atomic E-state index is 0.00654. The smallest absolute Gasteiger partial charge is 0.239 e. The van der Waals surface area contributed by atoms with Crippen LogP contribution in [-0.4, -0.2) is 30.9 Å². The zero-order valence-electron chi connectivity index (χ0n) is 21.5. The van der Waals surface area contributed by atoms with E-state index in [-0.39, 0.29) is 30.9 Å². The number of carbonyl (C=O) groups excluding carboxylic acids is 2. The van der Waals surface area contributed by atoms with Crippen molar-refractivity contribution in [2.24, 2.45) is 0 Å². The van der Waals surface area contributed by atoms with E-state index in [0.29, 0.717) is 28.8 Å². The van der Waals surface area contributed by atoms with Gasteiger partial charge in [-0.05, 0) is 65.9 Å². The molecular formula is C32H30ClN3O3. The summed E-state index contributed by atoms with van der Waals surface area (Å²) in [5.74, 6) is 0.867. The van der Waals surface area contributed by atoms with Gasteiger partial charge >= 0.3 is 0 Å². The fraction of sp³-hybridized carbons (Fsp3) is 0.188. The molecule has 7 heteroatoms. The van der Waals surface area contributed by atoms with Crippen molar-refractivity contribution in [1.82, 2.24) is 10.6 Å². The first kappa shape index (κ1) is 26.3. The van der Waals surface area contributed by atoms with Gasteiger partial charge < -0.3 is 20.3 Å². The van der Waals surface area contributed by atoms with E-state index in [2.05, 4.69) is 22.8 Å². The Balaban J connectivity index is 1.31. The molecule has 0 atom stereocenters. The Morgan fingerprint density at radius 2 is 1.46 bits per heavy atom. The molecule has 0 saturated carbocycles. The van der Waals surface area contributed by atoms with Gasteiger partial charge in [-0.25, -0.2) is 0 Å². The van der Waals surface area contributed by atoms with Gasteiger partial charge in [0.15, 0.2) is 5.75 Å². The molecule has 0 aliphatic heterocycles. The molecule has 4 aromatic carbocycles. The van der Waals surface area contributed by atoms with Gasteiger partial charge in [-0.3, -0.25) is 9.59 Å². The van der Waals surface area contributed by atoms with Crippen molar-refractivity contribution in [3.05, 3.63) is 125 Å². The Labute approximate surface area is 233 Å². The normalized spacial score (nSPS) is 12.4. The number of benzene rings is 4. The lowest BCUT2D eigenvalue weighted by atomic mass is 10.1. The molecule has 0 heterocycles. The molecule has 0 unspecified atom stereocenters. The highest BCUT2D eigenvalue weighted by atomic mass is 35.5. The van der Waals surface area contributed by atoms with Gasteiger partial charge in [0.2, 0.25) is 11.8 Å². The second-order valence-corrected chi connectivity index (χ2v) is 10.0. The van der Waals surface area contributed by atoms with Gasteiger partial charge in [-0.15, -0.1) is 0 Å². The molecule has 0 aromatic heterocycles. The largest absolute Gasteiger partial charge is 0.455 e. The van der Waals surface area contributed by atoms with Crippen molar-refractivity contribution in [1.29, 1.82) is 0 Å². The lowest BCUT2D eigenvalue weighted by Gasteiger charge is -2.26. The second kappa shape index (κ2) is 12.5. The van der Waals surface area contributed by atoms with Crippen molar-refractivity contribution < 1.29 is 14.3 Å². The van der Waals surface area contributed by atoms with E-state index in [4.69, 9.17) is 16.3 Å². The Morgan fingerprint density at radius 3 is 2.21 bits per heavy atom. The Hall–Kier alpha value is -4.29. The summed E-state index contributed by atoms with van der Waals surface area (Å²) in [6.45, 7) is 0.322. The van der Waals surface area contributed by atoms with Gasteiger partial charge in [0.25, 0.3) is 0 Å². The Morgan fingerprint density at radius 1 is 0.795 bits per heavy atom. The van der Waals surface area contributed by atoms with Crippen LogP contribution in [0.4, 0.5) is 5.69 Å². The fourth-order valence-corrected chi connectivity index (χ4v) is 5.04. The zero-order valence-corrected chi connectivity index (χ0v) is 22.2. The van der Waals surface area contributed by atoms with Gasteiger partial charge in [0, 0.05) is 17.6 Å². The third-order valence-electron chi connectivity index (χ3n) is 6.64. The lowest BCUT2D eigenvalue weighted by molar-refractivity contribution is -0.121. The summed E-state index contributed by atoms with van der Waals surface area (Å²) in [4.78, 5) is 28.1. The van der Waals surface area contributed by atoms with Crippen LogP contribution in [0.15, 0.2) is 103 Å². The summed E-state index contributed by atoms with van der Waals surface area (Å²) in [6, 6.07) is 32.5. The topological polar surface area (TPSA) is 70.7 Å². The van der Waals surface area contributed by atoms with E-state index in [9.17, 15) is 9.59 Å². The average Bonchev–Trinajstić information content (AvgIpc) is 3.35. The van der Waals surface area contributed by atoms with E-state index in [1.165, 1.54) is 11.1 Å². The number of para-hydroxylation sites is 3. The van der Waals surface area contributed by atoms with E-state index >= 15 is 0 Å². The molecule has 5 rings (SSSR count). The van der Waals surface area contributed by atoms with Gasteiger partial charge in [-0.1, -0.05) is 78.3 Å². The molecule has 2 amide bonds. The summed E-state index contributed by atoms with van der Waals surface area (Å²) >= 11 is 6.09. The summed E-state index contributed by atoms with van der Waals surface area (Å²) in [5.41, 5.74) is 4.08. The first-order valence-corrected chi connectivity index (χ1v) is 13.4.